The minimum absolute atomic E-state index is 0.0638. The van der Waals surface area contributed by atoms with E-state index in [2.05, 4.69) is 15.9 Å². The minimum Gasteiger partial charge on any atom is -0.349 e. The van der Waals surface area contributed by atoms with E-state index in [9.17, 15) is 28.8 Å². The van der Waals surface area contributed by atoms with Gasteiger partial charge in [0.25, 0.3) is 28.2 Å². The molecule has 5 rings (SSSR count). The Balaban J connectivity index is 1.31. The number of rotatable bonds is 8. The molecule has 37 heavy (non-hydrogen) atoms. The number of nitrogens with zero attached hydrogens (tertiary/aromatic N) is 4. The number of thioether (sulfide) groups is 2. The van der Waals surface area contributed by atoms with Crippen LogP contribution in [0.15, 0.2) is 53.0 Å². The Bertz CT molecular complexity index is 1290. The highest BCUT2D eigenvalue weighted by Crippen LogP contribution is 2.34. The van der Waals surface area contributed by atoms with Crippen molar-refractivity contribution in [3.63, 3.8) is 0 Å². The van der Waals surface area contributed by atoms with E-state index in [4.69, 9.17) is 0 Å². The van der Waals surface area contributed by atoms with E-state index < -0.39 is 28.3 Å². The SMILES string of the molecule is O=C1CSC(=O)N1CCN(c1ccc(Br)cc1)[C@@H]1SC(=O)N(CCN2C(=O)c3ccccc3C2=O)C1=O. The average Bonchev–Trinajstić information content (AvgIpc) is 3.45. The van der Waals surface area contributed by atoms with Crippen LogP contribution in [0.5, 0.6) is 0 Å². The Labute approximate surface area is 228 Å². The topological polar surface area (TPSA) is 115 Å². The molecule has 0 saturated carbocycles. The molecule has 0 unspecified atom stereocenters. The largest absolute Gasteiger partial charge is 0.349 e. The maximum Gasteiger partial charge on any atom is 0.290 e. The van der Waals surface area contributed by atoms with Gasteiger partial charge in [-0.2, -0.15) is 0 Å². The maximum absolute atomic E-state index is 13.4. The second-order valence-corrected chi connectivity index (χ2v) is 11.2. The molecule has 0 aliphatic carbocycles. The van der Waals surface area contributed by atoms with Crippen LogP contribution in [0.4, 0.5) is 15.3 Å². The van der Waals surface area contributed by atoms with Gasteiger partial charge in [-0.05, 0) is 48.2 Å². The third-order valence-electron chi connectivity index (χ3n) is 6.18. The van der Waals surface area contributed by atoms with Gasteiger partial charge in [-0.1, -0.05) is 39.8 Å². The predicted octanol–water partition coefficient (Wildman–Crippen LogP) is 3.27. The van der Waals surface area contributed by atoms with Crippen LogP contribution in [0.2, 0.25) is 0 Å². The summed E-state index contributed by atoms with van der Waals surface area (Å²) in [6.07, 6.45) is 0. The Morgan fingerprint density at radius 1 is 0.784 bits per heavy atom. The first-order valence-electron chi connectivity index (χ1n) is 11.2. The number of imide groups is 3. The molecule has 3 aliphatic rings. The fraction of sp³-hybridized carbons (Fsp3) is 0.250. The fourth-order valence-corrected chi connectivity index (χ4v) is 6.39. The molecule has 3 aliphatic heterocycles. The molecule has 0 N–H and O–H groups in total. The lowest BCUT2D eigenvalue weighted by atomic mass is 10.1. The van der Waals surface area contributed by atoms with Crippen LogP contribution in [0.3, 0.4) is 0 Å². The van der Waals surface area contributed by atoms with E-state index in [0.717, 1.165) is 42.7 Å². The van der Waals surface area contributed by atoms with Crippen molar-refractivity contribution in [1.29, 1.82) is 0 Å². The van der Waals surface area contributed by atoms with Crippen molar-refractivity contribution in [3.05, 3.63) is 64.1 Å². The Kier molecular flexibility index (Phi) is 7.10. The molecule has 2 aromatic rings. The van der Waals surface area contributed by atoms with Crippen molar-refractivity contribution in [1.82, 2.24) is 14.7 Å². The number of carbonyl (C=O) groups excluding carboxylic acids is 6. The van der Waals surface area contributed by atoms with E-state index in [1.807, 2.05) is 0 Å². The zero-order valence-electron chi connectivity index (χ0n) is 19.2. The second-order valence-electron chi connectivity index (χ2n) is 8.30. The molecule has 6 amide bonds. The molecular weight excluding hydrogens is 584 g/mol. The van der Waals surface area contributed by atoms with Crippen LogP contribution in [0, 0.1) is 0 Å². The van der Waals surface area contributed by atoms with E-state index in [0.29, 0.717) is 16.8 Å². The van der Waals surface area contributed by atoms with Gasteiger partial charge in [0.15, 0.2) is 5.37 Å². The van der Waals surface area contributed by atoms with Crippen LogP contribution in [0.25, 0.3) is 0 Å². The van der Waals surface area contributed by atoms with E-state index in [1.165, 1.54) is 0 Å². The molecule has 0 bridgehead atoms. The summed E-state index contributed by atoms with van der Waals surface area (Å²) in [4.78, 5) is 80.6. The second kappa shape index (κ2) is 10.3. The van der Waals surface area contributed by atoms with Crippen molar-refractivity contribution in [2.24, 2.45) is 0 Å². The van der Waals surface area contributed by atoms with Crippen molar-refractivity contribution in [2.75, 3.05) is 36.8 Å². The van der Waals surface area contributed by atoms with Crippen molar-refractivity contribution in [2.45, 2.75) is 5.37 Å². The first kappa shape index (κ1) is 25.5. The first-order chi connectivity index (χ1) is 17.8. The third kappa shape index (κ3) is 4.78. The molecule has 2 fully saturated rings. The Morgan fingerprint density at radius 3 is 2.00 bits per heavy atom. The quantitative estimate of drug-likeness (QED) is 0.420. The lowest BCUT2D eigenvalue weighted by Gasteiger charge is -2.30. The highest BCUT2D eigenvalue weighted by atomic mass is 79.9. The standard InChI is InChI=1S/C24H19BrN4O6S2/c25-14-5-7-15(8-6-14)26(9-10-27-18(30)13-36-23(27)34)22-21(33)29(24(35)37-22)12-11-28-19(31)16-3-1-2-4-17(16)20(28)32/h1-8,22H,9-13H2/t22-/m1/s1. The highest BCUT2D eigenvalue weighted by molar-refractivity contribution is 9.10. The summed E-state index contributed by atoms with van der Waals surface area (Å²) < 4.78 is 0.821. The number of anilines is 1. The normalized spacial score (nSPS) is 19.5. The lowest BCUT2D eigenvalue weighted by molar-refractivity contribution is -0.126. The number of fused-ring (bicyclic) bond motifs is 1. The number of benzene rings is 2. The Morgan fingerprint density at radius 2 is 1.41 bits per heavy atom. The van der Waals surface area contributed by atoms with Crippen LogP contribution < -0.4 is 4.90 Å². The molecule has 0 radical (unpaired) electrons. The first-order valence-corrected chi connectivity index (χ1v) is 13.9. The molecule has 13 heteroatoms. The third-order valence-corrected chi connectivity index (χ3v) is 8.67. The number of hydrogen-bond acceptors (Lipinski definition) is 9. The van der Waals surface area contributed by atoms with Gasteiger partial charge in [0.2, 0.25) is 5.91 Å². The molecule has 0 spiro atoms. The van der Waals surface area contributed by atoms with Crippen LogP contribution >= 0.6 is 39.5 Å². The lowest BCUT2D eigenvalue weighted by Crippen LogP contribution is -2.47. The van der Waals surface area contributed by atoms with Gasteiger partial charge >= 0.3 is 0 Å². The summed E-state index contributed by atoms with van der Waals surface area (Å²) in [7, 11) is 0. The number of halogens is 1. The fourth-order valence-electron chi connectivity index (χ4n) is 4.29. The summed E-state index contributed by atoms with van der Waals surface area (Å²) >= 11 is 5.12. The highest BCUT2D eigenvalue weighted by Gasteiger charge is 2.45. The number of hydrogen-bond donors (Lipinski definition) is 0. The Hall–Kier alpha value is -3.16. The molecule has 0 aromatic heterocycles. The number of amides is 6. The monoisotopic (exact) mass is 602 g/mol. The maximum atomic E-state index is 13.4. The molecule has 10 nitrogen and oxygen atoms in total. The van der Waals surface area contributed by atoms with Gasteiger partial charge in [-0.15, -0.1) is 0 Å². The average molecular weight is 603 g/mol. The van der Waals surface area contributed by atoms with Crippen molar-refractivity contribution >= 4 is 79.2 Å². The molecular formula is C24H19BrN4O6S2. The summed E-state index contributed by atoms with van der Waals surface area (Å²) in [5.74, 6) is -1.63. The van der Waals surface area contributed by atoms with E-state index in [-0.39, 0.29) is 43.1 Å². The van der Waals surface area contributed by atoms with Crippen LogP contribution in [0.1, 0.15) is 20.7 Å². The summed E-state index contributed by atoms with van der Waals surface area (Å²) in [6.45, 7) is -0.0547. The molecule has 1 atom stereocenters. The van der Waals surface area contributed by atoms with Gasteiger partial charge in [0.1, 0.15) is 0 Å². The summed E-state index contributed by atoms with van der Waals surface area (Å²) in [5.41, 5.74) is 1.23. The molecule has 190 valence electrons. The zero-order valence-corrected chi connectivity index (χ0v) is 22.4. The van der Waals surface area contributed by atoms with Gasteiger partial charge in [0.05, 0.1) is 16.9 Å². The van der Waals surface area contributed by atoms with Crippen LogP contribution in [-0.2, 0) is 9.59 Å². The van der Waals surface area contributed by atoms with Gasteiger partial charge in [-0.25, -0.2) is 0 Å². The van der Waals surface area contributed by atoms with Gasteiger partial charge in [0, 0.05) is 36.3 Å². The summed E-state index contributed by atoms with van der Waals surface area (Å²) in [5, 5.41) is -1.78. The van der Waals surface area contributed by atoms with Crippen molar-refractivity contribution < 1.29 is 28.8 Å². The molecule has 2 aromatic carbocycles. The number of carbonyl (C=O) groups is 6. The predicted molar refractivity (Wildman–Crippen MR) is 141 cm³/mol. The van der Waals surface area contributed by atoms with Crippen LogP contribution in [-0.4, -0.2) is 86.1 Å². The summed E-state index contributed by atoms with van der Waals surface area (Å²) in [6, 6.07) is 13.6. The minimum atomic E-state index is -0.934. The van der Waals surface area contributed by atoms with Gasteiger partial charge < -0.3 is 4.90 Å². The van der Waals surface area contributed by atoms with Gasteiger partial charge in [-0.3, -0.25) is 43.5 Å². The van der Waals surface area contributed by atoms with E-state index in [1.54, 1.807) is 53.4 Å². The van der Waals surface area contributed by atoms with E-state index >= 15 is 0 Å². The molecule has 2 saturated heterocycles. The zero-order chi connectivity index (χ0) is 26.3. The smallest absolute Gasteiger partial charge is 0.290 e. The van der Waals surface area contributed by atoms with Crippen molar-refractivity contribution in [3.8, 4) is 0 Å². The molecule has 3 heterocycles.